The van der Waals surface area contributed by atoms with Gasteiger partial charge in [0, 0.05) is 24.7 Å². The van der Waals surface area contributed by atoms with Crippen LogP contribution in [0, 0.1) is 0 Å². The highest BCUT2D eigenvalue weighted by atomic mass is 15.1. The first-order valence-electron chi connectivity index (χ1n) is 8.55. The summed E-state index contributed by atoms with van der Waals surface area (Å²) in [5, 5.41) is 3.57. The molecule has 0 amide bonds. The first-order chi connectivity index (χ1) is 9.98. The third-order valence-corrected chi connectivity index (χ3v) is 4.45. The fraction of sp³-hybridized carbons (Fsp3) is 0.684. The van der Waals surface area contributed by atoms with Crippen LogP contribution in [0.2, 0.25) is 0 Å². The van der Waals surface area contributed by atoms with Crippen LogP contribution in [0.15, 0.2) is 24.3 Å². The number of nitrogens with zero attached hydrogens (tertiary/aromatic N) is 1. The average molecular weight is 288 g/mol. The van der Waals surface area contributed by atoms with Gasteiger partial charge in [-0.05, 0) is 51.3 Å². The average Bonchev–Trinajstić information content (AvgIpc) is 2.96. The molecule has 1 saturated carbocycles. The molecule has 0 saturated heterocycles. The van der Waals surface area contributed by atoms with Crippen LogP contribution in [0.3, 0.4) is 0 Å². The first kappa shape index (κ1) is 16.5. The van der Waals surface area contributed by atoms with Gasteiger partial charge in [0.1, 0.15) is 0 Å². The monoisotopic (exact) mass is 288 g/mol. The Morgan fingerprint density at radius 3 is 2.43 bits per heavy atom. The molecule has 2 nitrogen and oxygen atoms in total. The van der Waals surface area contributed by atoms with Crippen LogP contribution in [0.1, 0.15) is 64.5 Å². The molecule has 0 spiro atoms. The van der Waals surface area contributed by atoms with Gasteiger partial charge < -0.3 is 5.32 Å². The van der Waals surface area contributed by atoms with E-state index in [1.807, 2.05) is 0 Å². The van der Waals surface area contributed by atoms with E-state index in [4.69, 9.17) is 0 Å². The van der Waals surface area contributed by atoms with Crippen molar-refractivity contribution in [3.63, 3.8) is 0 Å². The van der Waals surface area contributed by atoms with E-state index >= 15 is 0 Å². The van der Waals surface area contributed by atoms with E-state index in [0.717, 1.165) is 25.7 Å². The van der Waals surface area contributed by atoms with Crippen LogP contribution in [0.25, 0.3) is 0 Å². The van der Waals surface area contributed by atoms with Crippen molar-refractivity contribution in [2.24, 2.45) is 0 Å². The van der Waals surface area contributed by atoms with Gasteiger partial charge in [-0.15, -0.1) is 0 Å². The molecule has 0 heterocycles. The van der Waals surface area contributed by atoms with Crippen molar-refractivity contribution < 1.29 is 0 Å². The van der Waals surface area contributed by atoms with Crippen molar-refractivity contribution in [3.05, 3.63) is 35.4 Å². The normalized spacial score (nSPS) is 16.8. The molecule has 0 bridgehead atoms. The van der Waals surface area contributed by atoms with Gasteiger partial charge >= 0.3 is 0 Å². The van der Waals surface area contributed by atoms with Crippen LogP contribution in [-0.2, 0) is 13.1 Å². The zero-order chi connectivity index (χ0) is 15.3. The Balaban J connectivity index is 1.96. The molecular weight excluding hydrogens is 256 g/mol. The molecule has 2 rings (SSSR count). The Kier molecular flexibility index (Phi) is 5.83. The molecule has 118 valence electrons. The molecule has 1 aliphatic rings. The topological polar surface area (TPSA) is 15.3 Å². The predicted molar refractivity (Wildman–Crippen MR) is 91.4 cm³/mol. The first-order valence-corrected chi connectivity index (χ1v) is 8.55. The SMILES string of the molecule is CCN(Cc1cccc(CNC(C)(C)C)c1)C1CCCC1. The van der Waals surface area contributed by atoms with Gasteiger partial charge in [-0.3, -0.25) is 4.90 Å². The Morgan fingerprint density at radius 2 is 1.81 bits per heavy atom. The predicted octanol–water partition coefficient (Wildman–Crippen LogP) is 4.34. The summed E-state index contributed by atoms with van der Waals surface area (Å²) < 4.78 is 0. The highest BCUT2D eigenvalue weighted by Crippen LogP contribution is 2.24. The van der Waals surface area contributed by atoms with Crippen LogP contribution in [0.5, 0.6) is 0 Å². The van der Waals surface area contributed by atoms with Gasteiger partial charge in [0.15, 0.2) is 0 Å². The number of rotatable bonds is 6. The molecule has 0 radical (unpaired) electrons. The van der Waals surface area contributed by atoms with E-state index < -0.39 is 0 Å². The van der Waals surface area contributed by atoms with E-state index in [2.05, 4.69) is 62.2 Å². The van der Waals surface area contributed by atoms with E-state index in [1.165, 1.54) is 36.8 Å². The summed E-state index contributed by atoms with van der Waals surface area (Å²) >= 11 is 0. The molecule has 1 N–H and O–H groups in total. The van der Waals surface area contributed by atoms with E-state index in [-0.39, 0.29) is 5.54 Å². The lowest BCUT2D eigenvalue weighted by atomic mass is 10.1. The highest BCUT2D eigenvalue weighted by molar-refractivity contribution is 5.23. The van der Waals surface area contributed by atoms with Gasteiger partial charge in [0.25, 0.3) is 0 Å². The lowest BCUT2D eigenvalue weighted by Crippen LogP contribution is -2.35. The number of nitrogens with one attached hydrogen (secondary N) is 1. The fourth-order valence-electron chi connectivity index (χ4n) is 3.21. The number of hydrogen-bond donors (Lipinski definition) is 1. The van der Waals surface area contributed by atoms with Gasteiger partial charge in [0.2, 0.25) is 0 Å². The van der Waals surface area contributed by atoms with E-state index in [9.17, 15) is 0 Å². The molecule has 2 heteroatoms. The van der Waals surface area contributed by atoms with Crippen molar-refractivity contribution in [1.29, 1.82) is 0 Å². The maximum absolute atomic E-state index is 3.57. The third-order valence-electron chi connectivity index (χ3n) is 4.45. The maximum atomic E-state index is 3.57. The number of benzene rings is 1. The maximum Gasteiger partial charge on any atom is 0.0236 e. The Hall–Kier alpha value is -0.860. The van der Waals surface area contributed by atoms with Crippen molar-refractivity contribution in [1.82, 2.24) is 10.2 Å². The quantitative estimate of drug-likeness (QED) is 0.837. The highest BCUT2D eigenvalue weighted by Gasteiger charge is 2.21. The smallest absolute Gasteiger partial charge is 0.0236 e. The van der Waals surface area contributed by atoms with Crippen molar-refractivity contribution in [2.75, 3.05) is 6.54 Å². The molecule has 0 aliphatic heterocycles. The molecule has 0 atom stereocenters. The Bertz CT molecular complexity index is 427. The van der Waals surface area contributed by atoms with Crippen molar-refractivity contribution in [3.8, 4) is 0 Å². The molecule has 1 fully saturated rings. The standard InChI is InChI=1S/C19H32N2/c1-5-21(18-11-6-7-12-18)15-17-10-8-9-16(13-17)14-20-19(2,3)4/h8-10,13,18,20H,5-7,11-12,14-15H2,1-4H3. The Morgan fingerprint density at radius 1 is 1.14 bits per heavy atom. The Labute approximate surface area is 130 Å². The lowest BCUT2D eigenvalue weighted by molar-refractivity contribution is 0.200. The van der Waals surface area contributed by atoms with Gasteiger partial charge in [-0.1, -0.05) is 44.0 Å². The van der Waals surface area contributed by atoms with Crippen LogP contribution < -0.4 is 5.32 Å². The van der Waals surface area contributed by atoms with Gasteiger partial charge in [0.05, 0.1) is 0 Å². The van der Waals surface area contributed by atoms with Crippen LogP contribution in [0.4, 0.5) is 0 Å². The summed E-state index contributed by atoms with van der Waals surface area (Å²) in [4.78, 5) is 2.66. The third kappa shape index (κ3) is 5.44. The minimum atomic E-state index is 0.176. The fourth-order valence-corrected chi connectivity index (χ4v) is 3.21. The summed E-state index contributed by atoms with van der Waals surface area (Å²) in [5.41, 5.74) is 3.02. The molecule has 1 aromatic carbocycles. The van der Waals surface area contributed by atoms with E-state index in [1.54, 1.807) is 0 Å². The lowest BCUT2D eigenvalue weighted by Gasteiger charge is -2.27. The molecule has 1 aromatic rings. The number of hydrogen-bond acceptors (Lipinski definition) is 2. The second kappa shape index (κ2) is 7.42. The van der Waals surface area contributed by atoms with Crippen LogP contribution >= 0.6 is 0 Å². The molecule has 0 aromatic heterocycles. The van der Waals surface area contributed by atoms with E-state index in [0.29, 0.717) is 0 Å². The zero-order valence-electron chi connectivity index (χ0n) is 14.3. The van der Waals surface area contributed by atoms with Crippen molar-refractivity contribution in [2.45, 2.75) is 78.0 Å². The minimum Gasteiger partial charge on any atom is -0.308 e. The summed E-state index contributed by atoms with van der Waals surface area (Å²) in [6.45, 7) is 12.2. The van der Waals surface area contributed by atoms with Gasteiger partial charge in [-0.25, -0.2) is 0 Å². The largest absolute Gasteiger partial charge is 0.308 e. The zero-order valence-corrected chi connectivity index (χ0v) is 14.3. The van der Waals surface area contributed by atoms with Crippen LogP contribution in [-0.4, -0.2) is 23.0 Å². The second-order valence-electron chi connectivity index (χ2n) is 7.42. The minimum absolute atomic E-state index is 0.176. The second-order valence-corrected chi connectivity index (χ2v) is 7.42. The molecule has 21 heavy (non-hydrogen) atoms. The molecule has 1 aliphatic carbocycles. The van der Waals surface area contributed by atoms with Crippen molar-refractivity contribution >= 4 is 0 Å². The van der Waals surface area contributed by atoms with Gasteiger partial charge in [-0.2, -0.15) is 0 Å². The molecule has 0 unspecified atom stereocenters. The summed E-state index contributed by atoms with van der Waals surface area (Å²) in [5.74, 6) is 0. The molecular formula is C19H32N2. The summed E-state index contributed by atoms with van der Waals surface area (Å²) in [6, 6.07) is 9.89. The summed E-state index contributed by atoms with van der Waals surface area (Å²) in [7, 11) is 0. The summed E-state index contributed by atoms with van der Waals surface area (Å²) in [6.07, 6.45) is 5.60.